The molecule has 0 saturated heterocycles. The van der Waals surface area contributed by atoms with Crippen LogP contribution in [0.4, 0.5) is 10.1 Å². The minimum absolute atomic E-state index is 0.157. The Bertz CT molecular complexity index is 277. The summed E-state index contributed by atoms with van der Waals surface area (Å²) in [6, 6.07) is 7.48. The predicted molar refractivity (Wildman–Crippen MR) is 52.4 cm³/mol. The zero-order chi connectivity index (χ0) is 9.26. The Hall–Kier alpha value is -1.05. The fourth-order valence-electron chi connectivity index (χ4n) is 1.67. The number of halogens is 1. The molecule has 0 aromatic heterocycles. The summed E-state index contributed by atoms with van der Waals surface area (Å²) in [6.45, 7) is 3.15. The highest BCUT2D eigenvalue weighted by Gasteiger charge is 2.27. The monoisotopic (exact) mass is 179 g/mol. The molecule has 0 radical (unpaired) electrons. The van der Waals surface area contributed by atoms with E-state index in [1.54, 1.807) is 0 Å². The lowest BCUT2D eigenvalue weighted by Crippen LogP contribution is -2.24. The van der Waals surface area contributed by atoms with Crippen LogP contribution < -0.4 is 4.90 Å². The fraction of sp³-hybridized carbons (Fsp3) is 0.455. The van der Waals surface area contributed by atoms with Crippen LogP contribution in [0.3, 0.4) is 0 Å². The summed E-state index contributed by atoms with van der Waals surface area (Å²) in [5, 5.41) is 0. The highest BCUT2D eigenvalue weighted by Crippen LogP contribution is 2.31. The molecule has 1 nitrogen and oxygen atoms in total. The van der Waals surface area contributed by atoms with Gasteiger partial charge < -0.3 is 4.90 Å². The van der Waals surface area contributed by atoms with Gasteiger partial charge in [-0.25, -0.2) is 4.39 Å². The van der Waals surface area contributed by atoms with Crippen molar-refractivity contribution in [2.45, 2.75) is 25.8 Å². The standard InChI is InChI=1S/C11H14FN/c1-2-13(11-7-8-11)10-5-3-9(12)4-6-10/h3-6,11H,2,7-8H2,1H3. The van der Waals surface area contributed by atoms with Crippen molar-refractivity contribution in [1.82, 2.24) is 0 Å². The van der Waals surface area contributed by atoms with Crippen molar-refractivity contribution in [2.75, 3.05) is 11.4 Å². The van der Waals surface area contributed by atoms with Crippen LogP contribution in [0.2, 0.25) is 0 Å². The van der Waals surface area contributed by atoms with Crippen LogP contribution in [0.15, 0.2) is 24.3 Å². The second-order valence-corrected chi connectivity index (χ2v) is 3.49. The summed E-state index contributed by atoms with van der Waals surface area (Å²) in [5.41, 5.74) is 1.14. The Balaban J connectivity index is 2.17. The molecule has 1 aliphatic rings. The van der Waals surface area contributed by atoms with Crippen LogP contribution >= 0.6 is 0 Å². The van der Waals surface area contributed by atoms with Crippen molar-refractivity contribution < 1.29 is 4.39 Å². The Morgan fingerprint density at radius 3 is 2.38 bits per heavy atom. The van der Waals surface area contributed by atoms with Crippen LogP contribution in [0, 0.1) is 5.82 Å². The lowest BCUT2D eigenvalue weighted by molar-refractivity contribution is 0.627. The summed E-state index contributed by atoms with van der Waals surface area (Å²) in [7, 11) is 0. The molecule has 0 bridgehead atoms. The van der Waals surface area contributed by atoms with Crippen LogP contribution in [-0.4, -0.2) is 12.6 Å². The average Bonchev–Trinajstić information content (AvgIpc) is 2.93. The predicted octanol–water partition coefficient (Wildman–Crippen LogP) is 2.81. The van der Waals surface area contributed by atoms with Crippen LogP contribution in [0.5, 0.6) is 0 Å². The Labute approximate surface area is 78.2 Å². The van der Waals surface area contributed by atoms with Gasteiger partial charge in [-0.05, 0) is 44.0 Å². The smallest absolute Gasteiger partial charge is 0.123 e. The summed E-state index contributed by atoms with van der Waals surface area (Å²) >= 11 is 0. The molecule has 0 amide bonds. The highest BCUT2D eigenvalue weighted by molar-refractivity contribution is 5.48. The molecule has 0 unspecified atom stereocenters. The third-order valence-corrected chi connectivity index (χ3v) is 2.49. The number of hydrogen-bond donors (Lipinski definition) is 0. The van der Waals surface area contributed by atoms with E-state index in [-0.39, 0.29) is 5.82 Å². The third-order valence-electron chi connectivity index (χ3n) is 2.49. The van der Waals surface area contributed by atoms with E-state index in [9.17, 15) is 4.39 Å². The summed E-state index contributed by atoms with van der Waals surface area (Å²) in [6.07, 6.45) is 2.57. The maximum atomic E-state index is 12.7. The highest BCUT2D eigenvalue weighted by atomic mass is 19.1. The molecule has 1 aliphatic carbocycles. The Morgan fingerprint density at radius 2 is 1.92 bits per heavy atom. The van der Waals surface area contributed by atoms with Crippen molar-refractivity contribution in [2.24, 2.45) is 0 Å². The number of rotatable bonds is 3. The first-order valence-electron chi connectivity index (χ1n) is 4.83. The lowest BCUT2D eigenvalue weighted by atomic mass is 10.2. The van der Waals surface area contributed by atoms with Gasteiger partial charge in [0.05, 0.1) is 0 Å². The molecule has 70 valence electrons. The number of anilines is 1. The van der Waals surface area contributed by atoms with E-state index in [4.69, 9.17) is 0 Å². The maximum Gasteiger partial charge on any atom is 0.123 e. The molecule has 0 aliphatic heterocycles. The second-order valence-electron chi connectivity index (χ2n) is 3.49. The van der Waals surface area contributed by atoms with Crippen LogP contribution in [0.25, 0.3) is 0 Å². The van der Waals surface area contributed by atoms with Crippen LogP contribution in [0.1, 0.15) is 19.8 Å². The molecule has 0 N–H and O–H groups in total. The van der Waals surface area contributed by atoms with E-state index in [0.717, 1.165) is 12.2 Å². The number of hydrogen-bond acceptors (Lipinski definition) is 1. The van der Waals surface area contributed by atoms with E-state index in [1.165, 1.54) is 25.0 Å². The van der Waals surface area contributed by atoms with E-state index < -0.39 is 0 Å². The first-order chi connectivity index (χ1) is 6.31. The van der Waals surface area contributed by atoms with Gasteiger partial charge in [-0.15, -0.1) is 0 Å². The van der Waals surface area contributed by atoms with Gasteiger partial charge in [-0.2, -0.15) is 0 Å². The van der Waals surface area contributed by atoms with Gasteiger partial charge >= 0.3 is 0 Å². The average molecular weight is 179 g/mol. The van der Waals surface area contributed by atoms with Crippen molar-refractivity contribution in [3.63, 3.8) is 0 Å². The first kappa shape index (κ1) is 8.54. The third kappa shape index (κ3) is 1.82. The van der Waals surface area contributed by atoms with Gasteiger partial charge in [-0.3, -0.25) is 0 Å². The molecule has 1 aromatic rings. The molecule has 2 rings (SSSR count). The fourth-order valence-corrected chi connectivity index (χ4v) is 1.67. The molecule has 1 saturated carbocycles. The zero-order valence-corrected chi connectivity index (χ0v) is 7.83. The van der Waals surface area contributed by atoms with Crippen molar-refractivity contribution in [1.29, 1.82) is 0 Å². The Kier molecular flexibility index (Phi) is 2.21. The van der Waals surface area contributed by atoms with Gasteiger partial charge in [0.2, 0.25) is 0 Å². The normalized spacial score (nSPS) is 15.8. The zero-order valence-electron chi connectivity index (χ0n) is 7.83. The molecule has 1 aromatic carbocycles. The van der Waals surface area contributed by atoms with Crippen molar-refractivity contribution >= 4 is 5.69 Å². The van der Waals surface area contributed by atoms with Gasteiger partial charge in [0, 0.05) is 18.3 Å². The summed E-state index contributed by atoms with van der Waals surface area (Å²) in [4.78, 5) is 2.33. The molecular formula is C11H14FN. The first-order valence-corrected chi connectivity index (χ1v) is 4.83. The molecule has 0 atom stereocenters. The van der Waals surface area contributed by atoms with Gasteiger partial charge in [0.25, 0.3) is 0 Å². The van der Waals surface area contributed by atoms with E-state index in [0.29, 0.717) is 6.04 Å². The van der Waals surface area contributed by atoms with Gasteiger partial charge in [0.1, 0.15) is 5.82 Å². The van der Waals surface area contributed by atoms with Crippen LogP contribution in [-0.2, 0) is 0 Å². The van der Waals surface area contributed by atoms with Crippen molar-refractivity contribution in [3.05, 3.63) is 30.1 Å². The summed E-state index contributed by atoms with van der Waals surface area (Å²) < 4.78 is 12.7. The minimum Gasteiger partial charge on any atom is -0.369 e. The minimum atomic E-state index is -0.157. The van der Waals surface area contributed by atoms with Gasteiger partial charge in [-0.1, -0.05) is 0 Å². The second kappa shape index (κ2) is 3.36. The molecule has 0 heterocycles. The largest absolute Gasteiger partial charge is 0.369 e. The lowest BCUT2D eigenvalue weighted by Gasteiger charge is -2.22. The molecule has 1 fully saturated rings. The number of benzene rings is 1. The molecule has 0 spiro atoms. The molecule has 13 heavy (non-hydrogen) atoms. The quantitative estimate of drug-likeness (QED) is 0.689. The maximum absolute atomic E-state index is 12.7. The number of nitrogens with zero attached hydrogens (tertiary/aromatic N) is 1. The van der Waals surface area contributed by atoms with E-state index >= 15 is 0 Å². The molecular weight excluding hydrogens is 165 g/mol. The topological polar surface area (TPSA) is 3.24 Å². The Morgan fingerprint density at radius 1 is 1.31 bits per heavy atom. The molecule has 2 heteroatoms. The van der Waals surface area contributed by atoms with E-state index in [1.807, 2.05) is 12.1 Å². The van der Waals surface area contributed by atoms with E-state index in [2.05, 4.69) is 11.8 Å². The summed E-state index contributed by atoms with van der Waals surface area (Å²) in [5.74, 6) is -0.157. The SMILES string of the molecule is CCN(c1ccc(F)cc1)C1CC1. The van der Waals surface area contributed by atoms with Gasteiger partial charge in [0.15, 0.2) is 0 Å². The van der Waals surface area contributed by atoms with Crippen molar-refractivity contribution in [3.8, 4) is 0 Å².